The van der Waals surface area contributed by atoms with Crippen molar-refractivity contribution in [3.8, 4) is 17.3 Å². The fraction of sp³-hybridized carbons (Fsp3) is 0.120. The molecule has 0 radical (unpaired) electrons. The van der Waals surface area contributed by atoms with E-state index in [1.807, 2.05) is 19.9 Å². The molecule has 2 aromatic carbocycles. The largest absolute Gasteiger partial charge is 0.478 e. The smallest absolute Gasteiger partial charge is 0.337 e. The summed E-state index contributed by atoms with van der Waals surface area (Å²) in [5, 5.41) is 22.2. The number of hydrogen-bond donors (Lipinski definition) is 2. The Hall–Kier alpha value is -4.44. The average molecular weight is 424 g/mol. The van der Waals surface area contributed by atoms with Gasteiger partial charge in [-0.15, -0.1) is 0 Å². The van der Waals surface area contributed by atoms with Gasteiger partial charge in [-0.1, -0.05) is 30.3 Å². The minimum absolute atomic E-state index is 0.157. The van der Waals surface area contributed by atoms with Gasteiger partial charge in [0, 0.05) is 29.1 Å². The summed E-state index contributed by atoms with van der Waals surface area (Å²) < 4.78 is 1.48. The molecule has 32 heavy (non-hydrogen) atoms. The number of carbonyl (C=O) groups is 1. The van der Waals surface area contributed by atoms with Crippen LogP contribution in [0.3, 0.4) is 0 Å². The Morgan fingerprint density at radius 1 is 1.16 bits per heavy atom. The number of aromatic nitrogens is 2. The summed E-state index contributed by atoms with van der Waals surface area (Å²) in [6.07, 6.45) is 1.71. The Morgan fingerprint density at radius 3 is 2.62 bits per heavy atom. The molecule has 0 saturated heterocycles. The van der Waals surface area contributed by atoms with Gasteiger partial charge in [0.25, 0.3) is 5.56 Å². The molecule has 2 aromatic heterocycles. The van der Waals surface area contributed by atoms with Gasteiger partial charge in [-0.2, -0.15) is 5.26 Å². The SMILES string of the molecule is Cc1cc(C(C)Nc2ccccc2C(=O)O)c2nc(-c3ccccc3C#N)cc(=O)n2c1. The summed E-state index contributed by atoms with van der Waals surface area (Å²) in [6.45, 7) is 3.77. The van der Waals surface area contributed by atoms with Crippen molar-refractivity contribution in [3.63, 3.8) is 0 Å². The molecule has 0 saturated carbocycles. The maximum absolute atomic E-state index is 12.9. The molecule has 0 spiro atoms. The highest BCUT2D eigenvalue weighted by atomic mass is 16.4. The van der Waals surface area contributed by atoms with Crippen molar-refractivity contribution in [1.29, 1.82) is 5.26 Å². The van der Waals surface area contributed by atoms with Crippen LogP contribution < -0.4 is 10.9 Å². The highest BCUT2D eigenvalue weighted by Gasteiger charge is 2.18. The number of carboxylic acid groups (broad SMARTS) is 1. The molecule has 0 amide bonds. The summed E-state index contributed by atoms with van der Waals surface area (Å²) >= 11 is 0. The number of nitriles is 1. The molecule has 2 N–H and O–H groups in total. The third-order valence-corrected chi connectivity index (χ3v) is 5.25. The standard InChI is InChI=1S/C25H20N4O3/c1-15-11-20(16(2)27-21-10-6-5-9-19(21)25(31)32)24-28-22(12-23(30)29(24)14-15)18-8-4-3-7-17(18)13-26/h3-12,14,16,27H,1-2H3,(H,31,32). The Morgan fingerprint density at radius 2 is 1.88 bits per heavy atom. The van der Waals surface area contributed by atoms with Crippen molar-refractivity contribution in [2.45, 2.75) is 19.9 Å². The monoisotopic (exact) mass is 424 g/mol. The van der Waals surface area contributed by atoms with Crippen molar-refractivity contribution < 1.29 is 9.90 Å². The Kier molecular flexibility index (Phi) is 5.44. The number of nitrogens with one attached hydrogen (secondary N) is 1. The van der Waals surface area contributed by atoms with Crippen LogP contribution in [-0.2, 0) is 0 Å². The fourth-order valence-corrected chi connectivity index (χ4v) is 3.74. The van der Waals surface area contributed by atoms with Crippen LogP contribution in [0.5, 0.6) is 0 Å². The van der Waals surface area contributed by atoms with Gasteiger partial charge in [0.15, 0.2) is 0 Å². The second-order valence-corrected chi connectivity index (χ2v) is 7.52. The van der Waals surface area contributed by atoms with E-state index >= 15 is 0 Å². The second kappa shape index (κ2) is 8.36. The zero-order chi connectivity index (χ0) is 22.8. The van der Waals surface area contributed by atoms with Crippen LogP contribution >= 0.6 is 0 Å². The number of benzene rings is 2. The summed E-state index contributed by atoms with van der Waals surface area (Å²) in [4.78, 5) is 29.3. The van der Waals surface area contributed by atoms with Crippen LogP contribution in [0.4, 0.5) is 5.69 Å². The molecule has 0 aliphatic rings. The fourth-order valence-electron chi connectivity index (χ4n) is 3.74. The molecule has 7 heteroatoms. The van der Waals surface area contributed by atoms with E-state index in [9.17, 15) is 20.0 Å². The molecule has 7 nitrogen and oxygen atoms in total. The van der Waals surface area contributed by atoms with Gasteiger partial charge >= 0.3 is 5.97 Å². The predicted octanol–water partition coefficient (Wildman–Crippen LogP) is 4.41. The van der Waals surface area contributed by atoms with E-state index < -0.39 is 5.97 Å². The normalized spacial score (nSPS) is 11.7. The number of aromatic carboxylic acids is 1. The Labute approximate surface area is 184 Å². The molecule has 2 heterocycles. The molecule has 0 fully saturated rings. The molecule has 4 aromatic rings. The third kappa shape index (κ3) is 3.82. The van der Waals surface area contributed by atoms with Crippen LogP contribution in [0.15, 0.2) is 71.7 Å². The number of pyridine rings is 1. The first-order chi connectivity index (χ1) is 15.4. The minimum atomic E-state index is -1.03. The molecule has 4 rings (SSSR count). The number of carboxylic acids is 1. The van der Waals surface area contributed by atoms with Crippen LogP contribution in [-0.4, -0.2) is 20.5 Å². The lowest BCUT2D eigenvalue weighted by atomic mass is 10.0. The number of fused-ring (bicyclic) bond motifs is 1. The molecular weight excluding hydrogens is 404 g/mol. The van der Waals surface area contributed by atoms with Crippen molar-refractivity contribution in [1.82, 2.24) is 9.38 Å². The summed E-state index contributed by atoms with van der Waals surface area (Å²) in [7, 11) is 0. The molecule has 0 aliphatic heterocycles. The van der Waals surface area contributed by atoms with Crippen molar-refractivity contribution in [2.75, 3.05) is 5.32 Å². The third-order valence-electron chi connectivity index (χ3n) is 5.25. The Balaban J connectivity index is 1.88. The van der Waals surface area contributed by atoms with E-state index in [2.05, 4.69) is 11.4 Å². The number of nitrogens with zero attached hydrogens (tertiary/aromatic N) is 3. The van der Waals surface area contributed by atoms with E-state index in [1.54, 1.807) is 48.7 Å². The highest BCUT2D eigenvalue weighted by molar-refractivity contribution is 5.94. The van der Waals surface area contributed by atoms with E-state index in [4.69, 9.17) is 4.98 Å². The second-order valence-electron chi connectivity index (χ2n) is 7.52. The molecule has 1 atom stereocenters. The lowest BCUT2D eigenvalue weighted by molar-refractivity contribution is 0.0698. The van der Waals surface area contributed by atoms with Crippen molar-refractivity contribution >= 4 is 17.3 Å². The molecule has 158 valence electrons. The van der Waals surface area contributed by atoms with Gasteiger partial charge < -0.3 is 10.4 Å². The van der Waals surface area contributed by atoms with Gasteiger partial charge in [0.05, 0.1) is 28.9 Å². The van der Waals surface area contributed by atoms with E-state index in [-0.39, 0.29) is 17.2 Å². The minimum Gasteiger partial charge on any atom is -0.478 e. The van der Waals surface area contributed by atoms with Crippen molar-refractivity contribution in [2.24, 2.45) is 0 Å². The van der Waals surface area contributed by atoms with Gasteiger partial charge in [0.2, 0.25) is 0 Å². The first-order valence-corrected chi connectivity index (χ1v) is 10.0. The first kappa shape index (κ1) is 20.8. The van der Waals surface area contributed by atoms with Crippen LogP contribution in [0.25, 0.3) is 16.9 Å². The maximum Gasteiger partial charge on any atom is 0.337 e. The van der Waals surface area contributed by atoms with Crippen LogP contribution in [0.2, 0.25) is 0 Å². The van der Waals surface area contributed by atoms with E-state index in [0.717, 1.165) is 11.1 Å². The van der Waals surface area contributed by atoms with Crippen molar-refractivity contribution in [3.05, 3.63) is 99.5 Å². The summed E-state index contributed by atoms with van der Waals surface area (Å²) in [6, 6.07) is 18.8. The van der Waals surface area contributed by atoms with Crippen LogP contribution in [0, 0.1) is 18.3 Å². The number of aryl methyl sites for hydroxylation is 1. The topological polar surface area (TPSA) is 107 Å². The molecule has 0 bridgehead atoms. The van der Waals surface area contributed by atoms with E-state index in [0.29, 0.717) is 28.2 Å². The first-order valence-electron chi connectivity index (χ1n) is 10.0. The van der Waals surface area contributed by atoms with Crippen LogP contribution in [0.1, 0.15) is 40.0 Å². The zero-order valence-electron chi connectivity index (χ0n) is 17.5. The predicted molar refractivity (Wildman–Crippen MR) is 122 cm³/mol. The number of para-hydroxylation sites is 1. The quantitative estimate of drug-likeness (QED) is 0.491. The van der Waals surface area contributed by atoms with Gasteiger partial charge in [-0.3, -0.25) is 9.20 Å². The maximum atomic E-state index is 12.9. The highest BCUT2D eigenvalue weighted by Crippen LogP contribution is 2.27. The summed E-state index contributed by atoms with van der Waals surface area (Å²) in [5.41, 5.74) is 3.83. The van der Waals surface area contributed by atoms with Gasteiger partial charge in [-0.05, 0) is 43.7 Å². The van der Waals surface area contributed by atoms with Gasteiger partial charge in [-0.25, -0.2) is 9.78 Å². The lowest BCUT2D eigenvalue weighted by Crippen LogP contribution is -2.19. The molecular formula is C25H20N4O3. The average Bonchev–Trinajstić information content (AvgIpc) is 2.79. The number of rotatable bonds is 5. The Bertz CT molecular complexity index is 1450. The summed E-state index contributed by atoms with van der Waals surface area (Å²) in [5.74, 6) is -1.03. The zero-order valence-corrected chi connectivity index (χ0v) is 17.5. The number of hydrogen-bond acceptors (Lipinski definition) is 5. The number of anilines is 1. The van der Waals surface area contributed by atoms with Gasteiger partial charge in [0.1, 0.15) is 5.65 Å². The molecule has 0 aliphatic carbocycles. The lowest BCUT2D eigenvalue weighted by Gasteiger charge is -2.20. The molecule has 1 unspecified atom stereocenters. The van der Waals surface area contributed by atoms with E-state index in [1.165, 1.54) is 16.5 Å².